The number of guanidine groups is 1. The average Bonchev–Trinajstić information content (AvgIpc) is 3.27. The Kier molecular flexibility index (Phi) is 8.34. The Bertz CT molecular complexity index is 1010. The Labute approximate surface area is 198 Å². The first kappa shape index (κ1) is 22.7. The maximum absolute atomic E-state index is 5.85. The molecule has 3 aromatic rings. The molecule has 0 bridgehead atoms. The van der Waals surface area contributed by atoms with Gasteiger partial charge >= 0.3 is 0 Å². The third-order valence-electron chi connectivity index (χ3n) is 4.59. The predicted molar refractivity (Wildman–Crippen MR) is 130 cm³/mol. The first-order chi connectivity index (χ1) is 14.8. The molecule has 1 aromatic heterocycles. The first-order valence-corrected chi connectivity index (χ1v) is 9.75. The van der Waals surface area contributed by atoms with Crippen LogP contribution in [0.25, 0.3) is 0 Å². The number of aliphatic imine (C=N–C) groups is 1. The monoisotopic (exact) mass is 532 g/mol. The number of benzene rings is 2. The van der Waals surface area contributed by atoms with Crippen molar-refractivity contribution in [1.82, 2.24) is 15.6 Å². The molecular weight excluding hydrogens is 507 g/mol. The third-order valence-corrected chi connectivity index (χ3v) is 4.59. The number of hydrogen-bond donors (Lipinski definition) is 2. The minimum Gasteiger partial charge on any atom is -0.487 e. The van der Waals surface area contributed by atoms with Gasteiger partial charge in [0, 0.05) is 26.3 Å². The Hall–Kier alpha value is -3.01. The van der Waals surface area contributed by atoms with Crippen molar-refractivity contribution in [2.45, 2.75) is 19.7 Å². The molecule has 162 valence electrons. The van der Waals surface area contributed by atoms with E-state index in [1.54, 1.807) is 13.2 Å². The summed E-state index contributed by atoms with van der Waals surface area (Å²) < 4.78 is 16.6. The molecule has 0 saturated heterocycles. The first-order valence-electron chi connectivity index (χ1n) is 9.75. The van der Waals surface area contributed by atoms with Crippen molar-refractivity contribution in [2.75, 3.05) is 13.8 Å². The number of halogens is 1. The molecule has 0 aliphatic carbocycles. The summed E-state index contributed by atoms with van der Waals surface area (Å²) >= 11 is 0. The molecule has 0 amide bonds. The lowest BCUT2D eigenvalue weighted by Crippen LogP contribution is -2.36. The number of nitrogens with one attached hydrogen (secondary N) is 2. The van der Waals surface area contributed by atoms with Gasteiger partial charge in [0.25, 0.3) is 0 Å². The Morgan fingerprint density at radius 1 is 0.968 bits per heavy atom. The molecule has 0 radical (unpaired) electrons. The van der Waals surface area contributed by atoms with Gasteiger partial charge in [-0.05, 0) is 47.5 Å². The van der Waals surface area contributed by atoms with Gasteiger partial charge in [0.05, 0.1) is 5.69 Å². The van der Waals surface area contributed by atoms with Crippen LogP contribution in [0.5, 0.6) is 17.2 Å². The van der Waals surface area contributed by atoms with Gasteiger partial charge < -0.3 is 24.8 Å². The highest BCUT2D eigenvalue weighted by Gasteiger charge is 2.13. The van der Waals surface area contributed by atoms with Crippen molar-refractivity contribution in [1.29, 1.82) is 0 Å². The van der Waals surface area contributed by atoms with E-state index in [-0.39, 0.29) is 30.8 Å². The normalized spacial score (nSPS) is 12.1. The largest absolute Gasteiger partial charge is 0.487 e. The van der Waals surface area contributed by atoms with E-state index >= 15 is 0 Å². The van der Waals surface area contributed by atoms with Crippen molar-refractivity contribution < 1.29 is 14.2 Å². The predicted octanol–water partition coefficient (Wildman–Crippen LogP) is 3.87. The number of ether oxygens (including phenoxy) is 3. The van der Waals surface area contributed by atoms with E-state index in [0.29, 0.717) is 25.7 Å². The average molecular weight is 532 g/mol. The molecule has 2 heterocycles. The lowest BCUT2D eigenvalue weighted by molar-refractivity contribution is 0.174. The highest BCUT2D eigenvalue weighted by atomic mass is 127. The summed E-state index contributed by atoms with van der Waals surface area (Å²) in [6.07, 6.45) is 1.77. The van der Waals surface area contributed by atoms with Crippen LogP contribution in [-0.4, -0.2) is 24.8 Å². The summed E-state index contributed by atoms with van der Waals surface area (Å²) in [6, 6.07) is 19.7. The van der Waals surface area contributed by atoms with E-state index in [4.69, 9.17) is 14.2 Å². The second-order valence-corrected chi connectivity index (χ2v) is 6.72. The van der Waals surface area contributed by atoms with Gasteiger partial charge in [-0.25, -0.2) is 0 Å². The zero-order valence-electron chi connectivity index (χ0n) is 17.2. The maximum atomic E-state index is 5.85. The van der Waals surface area contributed by atoms with Crippen molar-refractivity contribution >= 4 is 29.9 Å². The molecular formula is C23H25IN4O3. The van der Waals surface area contributed by atoms with E-state index in [1.807, 2.05) is 60.7 Å². The molecule has 0 saturated carbocycles. The molecule has 0 atom stereocenters. The Morgan fingerprint density at radius 3 is 2.55 bits per heavy atom. The van der Waals surface area contributed by atoms with Gasteiger partial charge in [0.1, 0.15) is 12.4 Å². The molecule has 8 heteroatoms. The molecule has 0 spiro atoms. The van der Waals surface area contributed by atoms with Gasteiger partial charge in [-0.2, -0.15) is 0 Å². The third kappa shape index (κ3) is 6.48. The fourth-order valence-electron chi connectivity index (χ4n) is 3.03. The molecule has 0 fully saturated rings. The second kappa shape index (κ2) is 11.4. The number of fused-ring (bicyclic) bond motifs is 1. The van der Waals surface area contributed by atoms with Crippen LogP contribution >= 0.6 is 24.0 Å². The summed E-state index contributed by atoms with van der Waals surface area (Å²) in [7, 11) is 1.75. The number of rotatable bonds is 7. The van der Waals surface area contributed by atoms with Crippen LogP contribution in [0.3, 0.4) is 0 Å². The molecule has 2 N–H and O–H groups in total. The highest BCUT2D eigenvalue weighted by molar-refractivity contribution is 14.0. The van der Waals surface area contributed by atoms with Crippen LogP contribution in [0.15, 0.2) is 71.9 Å². The molecule has 1 aliphatic rings. The molecule has 2 aromatic carbocycles. The van der Waals surface area contributed by atoms with Crippen molar-refractivity contribution in [3.05, 3.63) is 83.7 Å². The quantitative estimate of drug-likeness (QED) is 0.274. The molecule has 7 nitrogen and oxygen atoms in total. The van der Waals surface area contributed by atoms with E-state index in [9.17, 15) is 0 Å². The Balaban J connectivity index is 0.00000272. The summed E-state index contributed by atoms with van der Waals surface area (Å²) in [4.78, 5) is 8.56. The van der Waals surface area contributed by atoms with Crippen molar-refractivity contribution in [3.63, 3.8) is 0 Å². The van der Waals surface area contributed by atoms with Gasteiger partial charge in [0.2, 0.25) is 6.79 Å². The number of hydrogen-bond acceptors (Lipinski definition) is 5. The Morgan fingerprint density at radius 2 is 1.77 bits per heavy atom. The molecule has 4 rings (SSSR count). The fraction of sp³-hybridized carbons (Fsp3) is 0.217. The zero-order chi connectivity index (χ0) is 20.6. The van der Waals surface area contributed by atoms with Crippen LogP contribution in [0.2, 0.25) is 0 Å². The summed E-state index contributed by atoms with van der Waals surface area (Å²) in [5, 5.41) is 6.64. The molecule has 31 heavy (non-hydrogen) atoms. The van der Waals surface area contributed by atoms with Gasteiger partial charge in [-0.1, -0.05) is 24.3 Å². The molecule has 0 unspecified atom stereocenters. The second-order valence-electron chi connectivity index (χ2n) is 6.72. The maximum Gasteiger partial charge on any atom is 0.231 e. The summed E-state index contributed by atoms with van der Waals surface area (Å²) in [5.41, 5.74) is 3.08. The number of nitrogens with zero attached hydrogens (tertiary/aromatic N) is 2. The minimum atomic E-state index is 0. The van der Waals surface area contributed by atoms with Crippen LogP contribution in [0.4, 0.5) is 0 Å². The summed E-state index contributed by atoms with van der Waals surface area (Å²) in [5.74, 6) is 3.09. The fourth-order valence-corrected chi connectivity index (χ4v) is 3.03. The van der Waals surface area contributed by atoms with Crippen LogP contribution < -0.4 is 24.8 Å². The van der Waals surface area contributed by atoms with Gasteiger partial charge in [-0.15, -0.1) is 24.0 Å². The SMILES string of the molecule is CN=C(NCc1cccc(OCc2ccccn2)c1)NCc1ccc2c(c1)OCO2.I. The van der Waals surface area contributed by atoms with Crippen LogP contribution in [-0.2, 0) is 19.7 Å². The van der Waals surface area contributed by atoms with Gasteiger partial charge in [-0.3, -0.25) is 9.98 Å². The highest BCUT2D eigenvalue weighted by Crippen LogP contribution is 2.32. The van der Waals surface area contributed by atoms with Crippen LogP contribution in [0.1, 0.15) is 16.8 Å². The number of pyridine rings is 1. The lowest BCUT2D eigenvalue weighted by Gasteiger charge is -2.13. The van der Waals surface area contributed by atoms with E-state index < -0.39 is 0 Å². The van der Waals surface area contributed by atoms with Crippen molar-refractivity contribution in [2.24, 2.45) is 4.99 Å². The zero-order valence-corrected chi connectivity index (χ0v) is 19.5. The molecule has 1 aliphatic heterocycles. The lowest BCUT2D eigenvalue weighted by atomic mass is 10.2. The van der Waals surface area contributed by atoms with E-state index in [2.05, 4.69) is 20.6 Å². The van der Waals surface area contributed by atoms with Crippen molar-refractivity contribution in [3.8, 4) is 17.2 Å². The number of aromatic nitrogens is 1. The minimum absolute atomic E-state index is 0. The van der Waals surface area contributed by atoms with E-state index in [0.717, 1.165) is 34.1 Å². The summed E-state index contributed by atoms with van der Waals surface area (Å²) in [6.45, 7) is 1.97. The van der Waals surface area contributed by atoms with Gasteiger partial charge in [0.15, 0.2) is 17.5 Å². The van der Waals surface area contributed by atoms with E-state index in [1.165, 1.54) is 0 Å². The topological polar surface area (TPSA) is 77.0 Å². The smallest absolute Gasteiger partial charge is 0.231 e. The standard InChI is InChI=1S/C23H24N4O3.HI/c1-24-23(27-14-18-8-9-21-22(12-18)30-16-29-21)26-13-17-5-4-7-20(11-17)28-15-19-6-2-3-10-25-19;/h2-12H,13-16H2,1H3,(H2,24,26,27);1H. The van der Waals surface area contributed by atoms with Crippen LogP contribution in [0, 0.1) is 0 Å².